The first-order valence-electron chi connectivity index (χ1n) is 3.19. The van der Waals surface area contributed by atoms with Crippen molar-refractivity contribution in [1.82, 2.24) is 0 Å². The average Bonchev–Trinajstić information content (AvgIpc) is 1.55. The van der Waals surface area contributed by atoms with Crippen molar-refractivity contribution in [1.29, 1.82) is 0 Å². The molecular formula is C6H8F2O2. The first-order valence-corrected chi connectivity index (χ1v) is 3.19. The largest absolute Gasteiger partial charge is 0.403 e. The number of rotatable bonds is 2. The summed E-state index contributed by atoms with van der Waals surface area (Å²) in [7, 11) is 0. The van der Waals surface area contributed by atoms with Crippen LogP contribution in [0.5, 0.6) is 0 Å². The van der Waals surface area contributed by atoms with Crippen molar-refractivity contribution in [2.75, 3.05) is 0 Å². The Morgan fingerprint density at radius 3 is 2.40 bits per heavy atom. The van der Waals surface area contributed by atoms with Crippen LogP contribution in [0.2, 0.25) is 0 Å². The summed E-state index contributed by atoms with van der Waals surface area (Å²) in [6.45, 7) is -2.95. The molecule has 1 rings (SSSR count). The highest BCUT2D eigenvalue weighted by molar-refractivity contribution is 5.73. The van der Waals surface area contributed by atoms with Crippen LogP contribution in [0.15, 0.2) is 0 Å². The summed E-state index contributed by atoms with van der Waals surface area (Å²) in [6, 6.07) is 0. The van der Waals surface area contributed by atoms with Gasteiger partial charge in [0.2, 0.25) is 0 Å². The molecule has 0 radical (unpaired) electrons. The lowest BCUT2D eigenvalue weighted by Crippen LogP contribution is -2.25. The highest BCUT2D eigenvalue weighted by atomic mass is 19.3. The first kappa shape index (κ1) is 7.44. The molecule has 4 heteroatoms. The zero-order valence-electron chi connectivity index (χ0n) is 5.35. The lowest BCUT2D eigenvalue weighted by molar-refractivity contribution is -0.183. The zero-order chi connectivity index (χ0) is 7.56. The van der Waals surface area contributed by atoms with Gasteiger partial charge in [-0.3, -0.25) is 4.79 Å². The van der Waals surface area contributed by atoms with Crippen LogP contribution in [0.3, 0.4) is 0 Å². The van der Waals surface area contributed by atoms with Gasteiger partial charge < -0.3 is 4.74 Å². The van der Waals surface area contributed by atoms with E-state index < -0.39 is 12.6 Å². The molecule has 1 aliphatic carbocycles. The van der Waals surface area contributed by atoms with Gasteiger partial charge in [-0.25, -0.2) is 0 Å². The van der Waals surface area contributed by atoms with E-state index in [9.17, 15) is 13.6 Å². The maximum atomic E-state index is 11.4. The molecule has 0 atom stereocenters. The Labute approximate surface area is 57.2 Å². The van der Waals surface area contributed by atoms with E-state index in [-0.39, 0.29) is 5.92 Å². The minimum atomic E-state index is -2.95. The molecule has 2 nitrogen and oxygen atoms in total. The maximum absolute atomic E-state index is 11.4. The second-order valence-corrected chi connectivity index (χ2v) is 2.33. The molecule has 1 saturated carbocycles. The molecule has 0 spiro atoms. The Balaban J connectivity index is 2.20. The van der Waals surface area contributed by atoms with Crippen LogP contribution in [-0.2, 0) is 9.53 Å². The van der Waals surface area contributed by atoms with Gasteiger partial charge in [0.25, 0.3) is 0 Å². The number of halogens is 2. The van der Waals surface area contributed by atoms with E-state index in [0.29, 0.717) is 12.8 Å². The highest BCUT2D eigenvalue weighted by Gasteiger charge is 2.28. The Morgan fingerprint density at radius 2 is 2.10 bits per heavy atom. The van der Waals surface area contributed by atoms with E-state index in [2.05, 4.69) is 4.74 Å². The Kier molecular flexibility index (Phi) is 2.19. The van der Waals surface area contributed by atoms with Gasteiger partial charge in [0.15, 0.2) is 0 Å². The van der Waals surface area contributed by atoms with Crippen molar-refractivity contribution >= 4 is 5.97 Å². The Bertz CT molecular complexity index is 132. The maximum Gasteiger partial charge on any atom is 0.389 e. The number of carbonyl (C=O) groups is 1. The minimum absolute atomic E-state index is 0.256. The van der Waals surface area contributed by atoms with Gasteiger partial charge in [-0.2, -0.15) is 8.78 Å². The third-order valence-corrected chi connectivity index (χ3v) is 1.64. The predicted octanol–water partition coefficient (Wildman–Crippen LogP) is 1.55. The van der Waals surface area contributed by atoms with E-state index in [4.69, 9.17) is 0 Å². The summed E-state index contributed by atoms with van der Waals surface area (Å²) in [5, 5.41) is 0. The lowest BCUT2D eigenvalue weighted by atomic mass is 9.86. The van der Waals surface area contributed by atoms with Crippen molar-refractivity contribution < 1.29 is 18.3 Å². The fourth-order valence-corrected chi connectivity index (χ4v) is 0.828. The molecule has 10 heavy (non-hydrogen) atoms. The number of alkyl halides is 2. The normalized spacial score (nSPS) is 18.7. The molecule has 58 valence electrons. The monoisotopic (exact) mass is 150 g/mol. The Morgan fingerprint density at radius 1 is 1.50 bits per heavy atom. The molecule has 0 aliphatic heterocycles. The fraction of sp³-hybridized carbons (Fsp3) is 0.833. The van der Waals surface area contributed by atoms with Gasteiger partial charge in [0.1, 0.15) is 0 Å². The van der Waals surface area contributed by atoms with Gasteiger partial charge in [0, 0.05) is 0 Å². The number of esters is 1. The third kappa shape index (κ3) is 1.65. The van der Waals surface area contributed by atoms with Crippen LogP contribution in [-0.4, -0.2) is 12.6 Å². The van der Waals surface area contributed by atoms with Gasteiger partial charge in [-0.15, -0.1) is 0 Å². The van der Waals surface area contributed by atoms with Crippen LogP contribution in [0.4, 0.5) is 8.78 Å². The van der Waals surface area contributed by atoms with Crippen LogP contribution in [0.1, 0.15) is 19.3 Å². The van der Waals surface area contributed by atoms with E-state index in [1.807, 2.05) is 0 Å². The Hall–Kier alpha value is -0.670. The quantitative estimate of drug-likeness (QED) is 0.558. The van der Waals surface area contributed by atoms with Crippen LogP contribution >= 0.6 is 0 Å². The summed E-state index contributed by atoms with van der Waals surface area (Å²) in [5.41, 5.74) is 0. The number of hydrogen-bond acceptors (Lipinski definition) is 2. The minimum Gasteiger partial charge on any atom is -0.403 e. The topological polar surface area (TPSA) is 26.3 Å². The number of ether oxygens (including phenoxy) is 1. The van der Waals surface area contributed by atoms with Crippen LogP contribution in [0.25, 0.3) is 0 Å². The lowest BCUT2D eigenvalue weighted by Gasteiger charge is -2.22. The summed E-state index contributed by atoms with van der Waals surface area (Å²) in [5.74, 6) is -1.00. The summed E-state index contributed by atoms with van der Waals surface area (Å²) >= 11 is 0. The first-order chi connectivity index (χ1) is 4.70. The van der Waals surface area contributed by atoms with Crippen molar-refractivity contribution in [3.05, 3.63) is 0 Å². The molecule has 1 aliphatic rings. The van der Waals surface area contributed by atoms with Crippen molar-refractivity contribution in [3.8, 4) is 0 Å². The smallest absolute Gasteiger partial charge is 0.389 e. The molecule has 0 aromatic carbocycles. The van der Waals surface area contributed by atoms with E-state index >= 15 is 0 Å². The molecule has 0 amide bonds. The number of carbonyl (C=O) groups excluding carboxylic acids is 1. The molecule has 0 aromatic heterocycles. The van der Waals surface area contributed by atoms with Crippen molar-refractivity contribution in [2.24, 2.45) is 5.92 Å². The number of hydrogen-bond donors (Lipinski definition) is 0. The van der Waals surface area contributed by atoms with Gasteiger partial charge in [-0.05, 0) is 12.8 Å². The van der Waals surface area contributed by atoms with Crippen LogP contribution < -0.4 is 0 Å². The second kappa shape index (κ2) is 2.94. The molecule has 1 fully saturated rings. The van der Waals surface area contributed by atoms with E-state index in [1.165, 1.54) is 0 Å². The second-order valence-electron chi connectivity index (χ2n) is 2.33. The zero-order valence-corrected chi connectivity index (χ0v) is 5.35. The predicted molar refractivity (Wildman–Crippen MR) is 29.4 cm³/mol. The SMILES string of the molecule is O=C(OC(F)F)C1CCC1. The summed E-state index contributed by atoms with van der Waals surface area (Å²) in [6.07, 6.45) is 2.35. The molecule has 0 N–H and O–H groups in total. The van der Waals surface area contributed by atoms with Gasteiger partial charge >= 0.3 is 12.6 Å². The fourth-order valence-electron chi connectivity index (χ4n) is 0.828. The molecule has 0 heterocycles. The van der Waals surface area contributed by atoms with Gasteiger partial charge in [-0.1, -0.05) is 6.42 Å². The highest BCUT2D eigenvalue weighted by Crippen LogP contribution is 2.27. The average molecular weight is 150 g/mol. The molecule has 0 saturated heterocycles. The molecular weight excluding hydrogens is 142 g/mol. The molecule has 0 unspecified atom stereocenters. The summed E-state index contributed by atoms with van der Waals surface area (Å²) in [4.78, 5) is 10.5. The van der Waals surface area contributed by atoms with Crippen molar-refractivity contribution in [3.63, 3.8) is 0 Å². The summed E-state index contributed by atoms with van der Waals surface area (Å²) < 4.78 is 26.4. The van der Waals surface area contributed by atoms with Crippen molar-refractivity contribution in [2.45, 2.75) is 25.9 Å². The third-order valence-electron chi connectivity index (χ3n) is 1.64. The standard InChI is InChI=1S/C6H8F2O2/c7-6(8)10-5(9)4-2-1-3-4/h4,6H,1-3H2. The molecule has 0 bridgehead atoms. The van der Waals surface area contributed by atoms with Gasteiger partial charge in [0.05, 0.1) is 5.92 Å². The van der Waals surface area contributed by atoms with Crippen LogP contribution in [0, 0.1) is 5.92 Å². The van der Waals surface area contributed by atoms with E-state index in [1.54, 1.807) is 0 Å². The molecule has 0 aromatic rings. The van der Waals surface area contributed by atoms with E-state index in [0.717, 1.165) is 6.42 Å².